The van der Waals surface area contributed by atoms with E-state index in [2.05, 4.69) is 22.7 Å². The van der Waals surface area contributed by atoms with Crippen LogP contribution in [0.5, 0.6) is 5.75 Å². The minimum atomic E-state index is -0.307. The van der Waals surface area contributed by atoms with Crippen molar-refractivity contribution < 1.29 is 19.2 Å². The number of carbonyl (C=O) groups excluding carboxylic acids is 1. The third-order valence-corrected chi connectivity index (χ3v) is 4.89. The highest BCUT2D eigenvalue weighted by Gasteiger charge is 2.29. The lowest BCUT2D eigenvalue weighted by Crippen LogP contribution is -3.15. The van der Waals surface area contributed by atoms with Gasteiger partial charge in [-0.05, 0) is 31.2 Å². The van der Waals surface area contributed by atoms with Crippen LogP contribution in [0.4, 0.5) is 0 Å². The number of hydrazone groups is 1. The molecular formula is C21H25ClN3O3+. The van der Waals surface area contributed by atoms with E-state index in [0.717, 1.165) is 32.0 Å². The van der Waals surface area contributed by atoms with Crippen LogP contribution in [-0.4, -0.2) is 44.5 Å². The van der Waals surface area contributed by atoms with Gasteiger partial charge >= 0.3 is 0 Å². The molecule has 1 aliphatic heterocycles. The van der Waals surface area contributed by atoms with Crippen molar-refractivity contribution in [1.29, 1.82) is 0 Å². The molecule has 2 aromatic carbocycles. The van der Waals surface area contributed by atoms with Crippen molar-refractivity contribution in [2.45, 2.75) is 13.0 Å². The first-order chi connectivity index (χ1) is 13.6. The Morgan fingerprint density at radius 2 is 1.86 bits per heavy atom. The molecule has 1 atom stereocenters. The molecule has 6 nitrogen and oxygen atoms in total. The van der Waals surface area contributed by atoms with Crippen LogP contribution in [0.25, 0.3) is 0 Å². The summed E-state index contributed by atoms with van der Waals surface area (Å²) in [6.07, 6.45) is 0. The van der Waals surface area contributed by atoms with Crippen LogP contribution in [0, 0.1) is 0 Å². The Labute approximate surface area is 170 Å². The van der Waals surface area contributed by atoms with Crippen molar-refractivity contribution >= 4 is 23.2 Å². The third-order valence-electron chi connectivity index (χ3n) is 4.63. The molecule has 3 rings (SSSR count). The zero-order chi connectivity index (χ0) is 19.8. The van der Waals surface area contributed by atoms with Crippen molar-refractivity contribution in [1.82, 2.24) is 5.43 Å². The van der Waals surface area contributed by atoms with Crippen LogP contribution in [0.2, 0.25) is 5.02 Å². The first-order valence-corrected chi connectivity index (χ1v) is 9.70. The quantitative estimate of drug-likeness (QED) is 0.549. The smallest absolute Gasteiger partial charge is 0.277 e. The number of nitrogens with zero attached hydrogens (tertiary/aromatic N) is 1. The summed E-state index contributed by atoms with van der Waals surface area (Å²) in [4.78, 5) is 13.5. The van der Waals surface area contributed by atoms with Gasteiger partial charge in [-0.2, -0.15) is 5.10 Å². The van der Waals surface area contributed by atoms with Crippen LogP contribution in [-0.2, 0) is 9.53 Å². The van der Waals surface area contributed by atoms with Gasteiger partial charge < -0.3 is 14.4 Å². The fourth-order valence-electron chi connectivity index (χ4n) is 3.27. The summed E-state index contributed by atoms with van der Waals surface area (Å²) in [5.74, 6) is 0.276. The molecule has 1 heterocycles. The number of benzene rings is 2. The van der Waals surface area contributed by atoms with Crippen molar-refractivity contribution in [3.63, 3.8) is 0 Å². The van der Waals surface area contributed by atoms with Gasteiger partial charge in [-0.1, -0.05) is 41.9 Å². The van der Waals surface area contributed by atoms with Gasteiger partial charge in [0, 0.05) is 10.6 Å². The second kappa shape index (κ2) is 10.2. The lowest BCUT2D eigenvalue weighted by molar-refractivity contribution is -0.928. The molecule has 2 N–H and O–H groups in total. The van der Waals surface area contributed by atoms with Gasteiger partial charge in [0.15, 0.2) is 12.6 Å². The Morgan fingerprint density at radius 1 is 1.18 bits per heavy atom. The number of quaternary nitrogens is 1. The van der Waals surface area contributed by atoms with E-state index in [1.54, 1.807) is 24.3 Å². The summed E-state index contributed by atoms with van der Waals surface area (Å²) in [6, 6.07) is 17.2. The molecule has 0 saturated carbocycles. The molecule has 1 saturated heterocycles. The summed E-state index contributed by atoms with van der Waals surface area (Å²) in [7, 11) is 0. The van der Waals surface area contributed by atoms with E-state index >= 15 is 0 Å². The van der Waals surface area contributed by atoms with Crippen molar-refractivity contribution in [2.24, 2.45) is 5.10 Å². The molecule has 1 fully saturated rings. The molecule has 0 aliphatic carbocycles. The highest BCUT2D eigenvalue weighted by atomic mass is 35.5. The molecule has 1 amide bonds. The average Bonchev–Trinajstić information content (AvgIpc) is 2.73. The van der Waals surface area contributed by atoms with Crippen LogP contribution in [0.1, 0.15) is 18.5 Å². The standard InChI is InChI=1S/C21H24ClN3O3/c1-16(23-24-20(26)15-28-19-9-7-18(22)8-10-19)21(17-5-3-2-4-6-17)25-11-13-27-14-12-25/h2-10,21H,11-15H2,1H3,(H,24,26)/p+1/b23-16-/t21-/m1/s1. The Morgan fingerprint density at radius 3 is 2.54 bits per heavy atom. The SMILES string of the molecule is C/C(=N/NC(=O)COc1ccc(Cl)cc1)[C@H](c1ccccc1)[NH+]1CCOCC1. The Kier molecular flexibility index (Phi) is 7.42. The van der Waals surface area contributed by atoms with Gasteiger partial charge in [0.25, 0.3) is 5.91 Å². The van der Waals surface area contributed by atoms with Crippen LogP contribution in [0.15, 0.2) is 59.7 Å². The Balaban J connectivity index is 1.62. The largest absolute Gasteiger partial charge is 0.484 e. The number of hydrogen-bond donors (Lipinski definition) is 2. The molecule has 7 heteroatoms. The summed E-state index contributed by atoms with van der Waals surface area (Å²) in [5.41, 5.74) is 4.63. The molecule has 1 aliphatic rings. The van der Waals surface area contributed by atoms with E-state index in [1.807, 2.05) is 25.1 Å². The minimum Gasteiger partial charge on any atom is -0.484 e. The highest BCUT2D eigenvalue weighted by molar-refractivity contribution is 6.30. The highest BCUT2D eigenvalue weighted by Crippen LogP contribution is 2.15. The van der Waals surface area contributed by atoms with Crippen LogP contribution < -0.4 is 15.1 Å². The normalized spacial score (nSPS) is 16.4. The average molecular weight is 403 g/mol. The molecule has 0 unspecified atom stereocenters. The number of rotatable bonds is 7. The van der Waals surface area contributed by atoms with Gasteiger partial charge in [0.1, 0.15) is 18.8 Å². The van der Waals surface area contributed by atoms with E-state index in [9.17, 15) is 4.79 Å². The first-order valence-electron chi connectivity index (χ1n) is 9.32. The maximum Gasteiger partial charge on any atom is 0.277 e. The van der Waals surface area contributed by atoms with E-state index in [0.29, 0.717) is 10.8 Å². The van der Waals surface area contributed by atoms with Crippen LogP contribution in [0.3, 0.4) is 0 Å². The number of morpholine rings is 1. The number of carbonyl (C=O) groups is 1. The Bertz CT molecular complexity index is 790. The van der Waals surface area contributed by atoms with Crippen LogP contribution >= 0.6 is 11.6 Å². The molecule has 0 aromatic heterocycles. The van der Waals surface area contributed by atoms with E-state index in [-0.39, 0.29) is 18.6 Å². The zero-order valence-electron chi connectivity index (χ0n) is 15.9. The minimum absolute atomic E-state index is 0.0718. The molecule has 28 heavy (non-hydrogen) atoms. The molecule has 0 spiro atoms. The topological polar surface area (TPSA) is 64.4 Å². The van der Waals surface area contributed by atoms with Gasteiger partial charge in [-0.3, -0.25) is 4.79 Å². The number of nitrogens with one attached hydrogen (secondary N) is 2. The van der Waals surface area contributed by atoms with E-state index in [4.69, 9.17) is 21.1 Å². The fraction of sp³-hybridized carbons (Fsp3) is 0.333. The lowest BCUT2D eigenvalue weighted by Gasteiger charge is -2.31. The maximum atomic E-state index is 12.1. The number of hydrogen-bond acceptors (Lipinski definition) is 4. The molecule has 2 aromatic rings. The zero-order valence-corrected chi connectivity index (χ0v) is 16.6. The second-order valence-corrected chi connectivity index (χ2v) is 7.08. The predicted octanol–water partition coefficient (Wildman–Crippen LogP) is 1.87. The second-order valence-electron chi connectivity index (χ2n) is 6.65. The molecule has 148 valence electrons. The predicted molar refractivity (Wildman–Crippen MR) is 109 cm³/mol. The van der Waals surface area contributed by atoms with E-state index < -0.39 is 0 Å². The summed E-state index contributed by atoms with van der Waals surface area (Å²) in [5, 5.41) is 4.98. The number of ether oxygens (including phenoxy) is 2. The molecular weight excluding hydrogens is 378 g/mol. The third kappa shape index (κ3) is 5.79. The Hall–Kier alpha value is -2.41. The number of halogens is 1. The fourth-order valence-corrected chi connectivity index (χ4v) is 3.39. The summed E-state index contributed by atoms with van der Waals surface area (Å²) in [6.45, 7) is 5.10. The van der Waals surface area contributed by atoms with E-state index in [1.165, 1.54) is 10.5 Å². The molecule has 0 bridgehead atoms. The van der Waals surface area contributed by atoms with Gasteiger partial charge in [-0.25, -0.2) is 5.43 Å². The monoisotopic (exact) mass is 402 g/mol. The first kappa shape index (κ1) is 20.3. The molecule has 0 radical (unpaired) electrons. The van der Waals surface area contributed by atoms with Crippen molar-refractivity contribution in [3.8, 4) is 5.75 Å². The van der Waals surface area contributed by atoms with Gasteiger partial charge in [-0.15, -0.1) is 0 Å². The van der Waals surface area contributed by atoms with Crippen molar-refractivity contribution in [2.75, 3.05) is 32.9 Å². The van der Waals surface area contributed by atoms with Gasteiger partial charge in [0.05, 0.1) is 18.9 Å². The summed E-state index contributed by atoms with van der Waals surface area (Å²) < 4.78 is 10.9. The maximum absolute atomic E-state index is 12.1. The lowest BCUT2D eigenvalue weighted by atomic mass is 10.0. The van der Waals surface area contributed by atoms with Crippen molar-refractivity contribution in [3.05, 3.63) is 65.2 Å². The summed E-state index contributed by atoms with van der Waals surface area (Å²) >= 11 is 5.84. The number of amides is 1. The van der Waals surface area contributed by atoms with Gasteiger partial charge in [0.2, 0.25) is 0 Å².